The quantitative estimate of drug-likeness (QED) is 0.885. The summed E-state index contributed by atoms with van der Waals surface area (Å²) in [7, 11) is 0. The van der Waals surface area contributed by atoms with E-state index in [0.717, 1.165) is 30.5 Å². The van der Waals surface area contributed by atoms with Crippen molar-refractivity contribution in [3.63, 3.8) is 0 Å². The lowest BCUT2D eigenvalue weighted by atomic mass is 9.98. The number of likely N-dealkylation sites (tertiary alicyclic amines) is 1. The minimum Gasteiger partial charge on any atom is -0.369 e. The molecule has 0 saturated carbocycles. The average Bonchev–Trinajstić information content (AvgIpc) is 2.48. The molecule has 0 radical (unpaired) electrons. The van der Waals surface area contributed by atoms with Crippen molar-refractivity contribution in [3.05, 3.63) is 29.8 Å². The highest BCUT2D eigenvalue weighted by atomic mass is 16.2. The number of rotatable bonds is 3. The number of carbonyl (C=O) groups is 2. The summed E-state index contributed by atoms with van der Waals surface area (Å²) in [4.78, 5) is 25.2. The van der Waals surface area contributed by atoms with Gasteiger partial charge in [-0.25, -0.2) is 4.79 Å². The molecule has 1 saturated heterocycles. The third-order valence-corrected chi connectivity index (χ3v) is 3.75. The monoisotopic (exact) mass is 275 g/mol. The Morgan fingerprint density at radius 1 is 1.40 bits per heavy atom. The number of hydrogen-bond acceptors (Lipinski definition) is 2. The largest absolute Gasteiger partial charge is 0.369 e. The van der Waals surface area contributed by atoms with Crippen molar-refractivity contribution < 1.29 is 9.59 Å². The molecule has 20 heavy (non-hydrogen) atoms. The standard InChI is InChI=1S/C15H21N3O2/c1-2-11-6-3-4-8-13(11)17-15(20)18-9-5-7-12(10-18)14(16)19/h3-4,6,8,12H,2,5,7,9-10H2,1H3,(H2,16,19)(H,17,20). The third-order valence-electron chi connectivity index (χ3n) is 3.75. The summed E-state index contributed by atoms with van der Waals surface area (Å²) in [6, 6.07) is 7.59. The van der Waals surface area contributed by atoms with Gasteiger partial charge in [0.15, 0.2) is 0 Å². The molecule has 1 aliphatic rings. The van der Waals surface area contributed by atoms with Crippen LogP contribution in [-0.4, -0.2) is 29.9 Å². The summed E-state index contributed by atoms with van der Waals surface area (Å²) in [5.74, 6) is -0.549. The van der Waals surface area contributed by atoms with E-state index in [0.29, 0.717) is 13.1 Å². The van der Waals surface area contributed by atoms with E-state index in [1.165, 1.54) is 0 Å². The van der Waals surface area contributed by atoms with E-state index >= 15 is 0 Å². The summed E-state index contributed by atoms with van der Waals surface area (Å²) >= 11 is 0. The first-order valence-electron chi connectivity index (χ1n) is 7.05. The van der Waals surface area contributed by atoms with Gasteiger partial charge in [0.2, 0.25) is 5.91 Å². The maximum atomic E-state index is 12.3. The van der Waals surface area contributed by atoms with Crippen LogP contribution in [0.1, 0.15) is 25.3 Å². The van der Waals surface area contributed by atoms with Crippen LogP contribution in [-0.2, 0) is 11.2 Å². The molecule has 1 aromatic carbocycles. The molecular formula is C15H21N3O2. The number of primary amides is 1. The normalized spacial score (nSPS) is 18.6. The highest BCUT2D eigenvalue weighted by Gasteiger charge is 2.27. The highest BCUT2D eigenvalue weighted by Crippen LogP contribution is 2.19. The Bertz CT molecular complexity index is 502. The first kappa shape index (κ1) is 14.4. The van der Waals surface area contributed by atoms with Gasteiger partial charge in [0.1, 0.15) is 0 Å². The first-order valence-corrected chi connectivity index (χ1v) is 7.05. The molecule has 1 atom stereocenters. The Kier molecular flexibility index (Phi) is 4.61. The van der Waals surface area contributed by atoms with Gasteiger partial charge in [0.05, 0.1) is 5.92 Å². The van der Waals surface area contributed by atoms with Crippen LogP contribution in [0.25, 0.3) is 0 Å². The lowest BCUT2D eigenvalue weighted by molar-refractivity contribution is -0.123. The third kappa shape index (κ3) is 3.29. The molecule has 1 unspecified atom stereocenters. The van der Waals surface area contributed by atoms with Crippen LogP contribution in [0.5, 0.6) is 0 Å². The second-order valence-corrected chi connectivity index (χ2v) is 5.13. The van der Waals surface area contributed by atoms with E-state index in [4.69, 9.17) is 5.73 Å². The molecule has 0 aromatic heterocycles. The molecule has 1 fully saturated rings. The highest BCUT2D eigenvalue weighted by molar-refractivity contribution is 5.90. The Hall–Kier alpha value is -2.04. The van der Waals surface area contributed by atoms with Gasteiger partial charge in [-0.3, -0.25) is 4.79 Å². The van der Waals surface area contributed by atoms with Gasteiger partial charge < -0.3 is 16.0 Å². The van der Waals surface area contributed by atoms with E-state index in [2.05, 4.69) is 12.2 Å². The maximum Gasteiger partial charge on any atom is 0.321 e. The summed E-state index contributed by atoms with van der Waals surface area (Å²) in [5, 5.41) is 2.93. The predicted octanol–water partition coefficient (Wildman–Crippen LogP) is 1.98. The van der Waals surface area contributed by atoms with Crippen molar-refractivity contribution in [1.82, 2.24) is 4.90 Å². The smallest absolute Gasteiger partial charge is 0.321 e. The number of carbonyl (C=O) groups excluding carboxylic acids is 2. The summed E-state index contributed by atoms with van der Waals surface area (Å²) < 4.78 is 0. The number of amides is 3. The van der Waals surface area contributed by atoms with Crippen molar-refractivity contribution in [2.75, 3.05) is 18.4 Å². The van der Waals surface area contributed by atoms with E-state index in [1.54, 1.807) is 4.90 Å². The second kappa shape index (κ2) is 6.41. The lowest BCUT2D eigenvalue weighted by Crippen LogP contribution is -2.45. The van der Waals surface area contributed by atoms with E-state index in [1.807, 2.05) is 24.3 Å². The molecular weight excluding hydrogens is 254 g/mol. The summed E-state index contributed by atoms with van der Waals surface area (Å²) in [5.41, 5.74) is 7.27. The molecule has 3 N–H and O–H groups in total. The van der Waals surface area contributed by atoms with Crippen molar-refractivity contribution >= 4 is 17.6 Å². The minimum absolute atomic E-state index is 0.156. The molecule has 5 nitrogen and oxygen atoms in total. The van der Waals surface area contributed by atoms with Crippen LogP contribution in [0.4, 0.5) is 10.5 Å². The van der Waals surface area contributed by atoms with Crippen molar-refractivity contribution in [2.45, 2.75) is 26.2 Å². The fourth-order valence-corrected chi connectivity index (χ4v) is 2.54. The number of nitrogens with two attached hydrogens (primary N) is 1. The van der Waals surface area contributed by atoms with E-state index in [9.17, 15) is 9.59 Å². The molecule has 1 aliphatic heterocycles. The first-order chi connectivity index (χ1) is 9.61. The second-order valence-electron chi connectivity index (χ2n) is 5.13. The van der Waals surface area contributed by atoms with Gasteiger partial charge in [0, 0.05) is 18.8 Å². The molecule has 0 spiro atoms. The van der Waals surface area contributed by atoms with Crippen molar-refractivity contribution in [2.24, 2.45) is 11.7 Å². The van der Waals surface area contributed by atoms with Gasteiger partial charge in [-0.1, -0.05) is 25.1 Å². The number of aryl methyl sites for hydroxylation is 1. The van der Waals surface area contributed by atoms with Gasteiger partial charge >= 0.3 is 6.03 Å². The summed E-state index contributed by atoms with van der Waals surface area (Å²) in [6.45, 7) is 3.13. The fourth-order valence-electron chi connectivity index (χ4n) is 2.54. The average molecular weight is 275 g/mol. The molecule has 108 valence electrons. The molecule has 5 heteroatoms. The number of nitrogens with zero attached hydrogens (tertiary/aromatic N) is 1. The Balaban J connectivity index is 2.02. The van der Waals surface area contributed by atoms with Crippen LogP contribution in [0.2, 0.25) is 0 Å². The Labute approximate surface area is 119 Å². The van der Waals surface area contributed by atoms with Crippen LogP contribution >= 0.6 is 0 Å². The number of para-hydroxylation sites is 1. The number of benzene rings is 1. The molecule has 0 bridgehead atoms. The lowest BCUT2D eigenvalue weighted by Gasteiger charge is -2.31. The molecule has 3 amide bonds. The maximum absolute atomic E-state index is 12.3. The van der Waals surface area contributed by atoms with Crippen LogP contribution in [0.3, 0.4) is 0 Å². The molecule has 0 aliphatic carbocycles. The Morgan fingerprint density at radius 3 is 2.85 bits per heavy atom. The van der Waals surface area contributed by atoms with Gasteiger partial charge in [-0.05, 0) is 30.9 Å². The van der Waals surface area contributed by atoms with Crippen molar-refractivity contribution in [1.29, 1.82) is 0 Å². The summed E-state index contributed by atoms with van der Waals surface area (Å²) in [6.07, 6.45) is 2.45. The van der Waals surface area contributed by atoms with Gasteiger partial charge in [-0.15, -0.1) is 0 Å². The molecule has 1 aromatic rings. The van der Waals surface area contributed by atoms with Gasteiger partial charge in [-0.2, -0.15) is 0 Å². The Morgan fingerprint density at radius 2 is 2.15 bits per heavy atom. The van der Waals surface area contributed by atoms with Gasteiger partial charge in [0.25, 0.3) is 0 Å². The van der Waals surface area contributed by atoms with E-state index < -0.39 is 0 Å². The van der Waals surface area contributed by atoms with Crippen LogP contribution < -0.4 is 11.1 Å². The number of hydrogen-bond donors (Lipinski definition) is 2. The topological polar surface area (TPSA) is 75.4 Å². The number of urea groups is 1. The zero-order valence-electron chi connectivity index (χ0n) is 11.8. The SMILES string of the molecule is CCc1ccccc1NC(=O)N1CCCC(C(N)=O)C1. The molecule has 1 heterocycles. The number of anilines is 1. The fraction of sp³-hybridized carbons (Fsp3) is 0.467. The number of piperidine rings is 1. The minimum atomic E-state index is -0.323. The van der Waals surface area contributed by atoms with Crippen molar-refractivity contribution in [3.8, 4) is 0 Å². The number of nitrogens with one attached hydrogen (secondary N) is 1. The zero-order chi connectivity index (χ0) is 14.5. The zero-order valence-corrected chi connectivity index (χ0v) is 11.8. The van der Waals surface area contributed by atoms with Crippen LogP contribution in [0, 0.1) is 5.92 Å². The van der Waals surface area contributed by atoms with E-state index in [-0.39, 0.29) is 17.9 Å². The van der Waals surface area contributed by atoms with Crippen LogP contribution in [0.15, 0.2) is 24.3 Å². The molecule has 2 rings (SSSR count). The predicted molar refractivity (Wildman–Crippen MR) is 78.3 cm³/mol.